The Morgan fingerprint density at radius 2 is 1.91 bits per heavy atom. The zero-order valence-electron chi connectivity index (χ0n) is 8.35. The summed E-state index contributed by atoms with van der Waals surface area (Å²) in [5.41, 5.74) is 5.85. The van der Waals surface area contributed by atoms with Gasteiger partial charge in [-0.2, -0.15) is 0 Å². The van der Waals surface area contributed by atoms with Crippen molar-refractivity contribution in [1.82, 2.24) is 4.90 Å². The standard InChI is InChI=1S/C9H22N2/c1-5-11(4)8-6-7-9(2,3)10/h5-8,10H2,1-4H3. The van der Waals surface area contributed by atoms with Crippen molar-refractivity contribution in [3.05, 3.63) is 0 Å². The second-order valence-electron chi connectivity index (χ2n) is 3.99. The molecule has 0 radical (unpaired) electrons. The van der Waals surface area contributed by atoms with Crippen LogP contribution in [0.4, 0.5) is 0 Å². The summed E-state index contributed by atoms with van der Waals surface area (Å²) in [6.07, 6.45) is 2.31. The Hall–Kier alpha value is -0.0800. The Morgan fingerprint density at radius 1 is 1.36 bits per heavy atom. The van der Waals surface area contributed by atoms with Gasteiger partial charge in [0.05, 0.1) is 0 Å². The van der Waals surface area contributed by atoms with E-state index in [-0.39, 0.29) is 5.54 Å². The molecule has 0 fully saturated rings. The average Bonchev–Trinajstić information content (AvgIpc) is 1.85. The largest absolute Gasteiger partial charge is 0.326 e. The molecular formula is C9H22N2. The summed E-state index contributed by atoms with van der Waals surface area (Å²) in [4.78, 5) is 2.31. The lowest BCUT2D eigenvalue weighted by Gasteiger charge is -2.20. The van der Waals surface area contributed by atoms with Crippen LogP contribution in [0.5, 0.6) is 0 Å². The maximum absolute atomic E-state index is 5.84. The van der Waals surface area contributed by atoms with Crippen LogP contribution in [-0.4, -0.2) is 30.6 Å². The van der Waals surface area contributed by atoms with Gasteiger partial charge in [-0.05, 0) is 46.8 Å². The van der Waals surface area contributed by atoms with Crippen LogP contribution in [0.2, 0.25) is 0 Å². The first-order valence-corrected chi connectivity index (χ1v) is 4.43. The van der Waals surface area contributed by atoms with Crippen molar-refractivity contribution in [3.8, 4) is 0 Å². The lowest BCUT2D eigenvalue weighted by molar-refractivity contribution is 0.323. The number of nitrogens with two attached hydrogens (primary N) is 1. The van der Waals surface area contributed by atoms with E-state index in [2.05, 4.69) is 32.7 Å². The van der Waals surface area contributed by atoms with Gasteiger partial charge in [0.2, 0.25) is 0 Å². The van der Waals surface area contributed by atoms with Crippen LogP contribution in [-0.2, 0) is 0 Å². The molecule has 11 heavy (non-hydrogen) atoms. The van der Waals surface area contributed by atoms with Gasteiger partial charge in [0, 0.05) is 5.54 Å². The van der Waals surface area contributed by atoms with Gasteiger partial charge < -0.3 is 10.6 Å². The zero-order chi connectivity index (χ0) is 8.91. The molecule has 0 saturated heterocycles. The smallest absolute Gasteiger partial charge is 0.00975 e. The van der Waals surface area contributed by atoms with Crippen molar-refractivity contribution < 1.29 is 0 Å². The summed E-state index contributed by atoms with van der Waals surface area (Å²) >= 11 is 0. The van der Waals surface area contributed by atoms with E-state index in [0.717, 1.165) is 19.5 Å². The highest BCUT2D eigenvalue weighted by Crippen LogP contribution is 2.06. The highest BCUT2D eigenvalue weighted by molar-refractivity contribution is 4.71. The van der Waals surface area contributed by atoms with Gasteiger partial charge in [0.15, 0.2) is 0 Å². The highest BCUT2D eigenvalue weighted by atomic mass is 15.1. The fourth-order valence-electron chi connectivity index (χ4n) is 0.963. The molecule has 2 nitrogen and oxygen atoms in total. The summed E-state index contributed by atoms with van der Waals surface area (Å²) in [7, 11) is 2.14. The van der Waals surface area contributed by atoms with E-state index in [1.807, 2.05) is 0 Å². The summed E-state index contributed by atoms with van der Waals surface area (Å²) < 4.78 is 0. The molecule has 0 aromatic carbocycles. The molecule has 2 N–H and O–H groups in total. The third kappa shape index (κ3) is 7.82. The van der Waals surface area contributed by atoms with Crippen LogP contribution in [0.25, 0.3) is 0 Å². The van der Waals surface area contributed by atoms with Gasteiger partial charge in [0.25, 0.3) is 0 Å². The van der Waals surface area contributed by atoms with E-state index in [9.17, 15) is 0 Å². The van der Waals surface area contributed by atoms with Gasteiger partial charge in [-0.1, -0.05) is 6.92 Å². The predicted octanol–water partition coefficient (Wildman–Crippen LogP) is 1.46. The van der Waals surface area contributed by atoms with Crippen molar-refractivity contribution in [1.29, 1.82) is 0 Å². The molecule has 0 spiro atoms. The molecule has 0 unspecified atom stereocenters. The molecule has 2 heteroatoms. The molecule has 0 aliphatic carbocycles. The lowest BCUT2D eigenvalue weighted by atomic mass is 10.0. The molecule has 0 bridgehead atoms. The van der Waals surface area contributed by atoms with Crippen LogP contribution in [0, 0.1) is 0 Å². The van der Waals surface area contributed by atoms with Crippen molar-refractivity contribution >= 4 is 0 Å². The molecule has 0 amide bonds. The third-order valence-corrected chi connectivity index (χ3v) is 1.90. The lowest BCUT2D eigenvalue weighted by Crippen LogP contribution is -2.33. The maximum Gasteiger partial charge on any atom is 0.00975 e. The minimum atomic E-state index is 0.00851. The summed E-state index contributed by atoms with van der Waals surface area (Å²) in [5, 5.41) is 0. The Morgan fingerprint density at radius 3 is 2.27 bits per heavy atom. The number of hydrogen-bond acceptors (Lipinski definition) is 2. The second kappa shape index (κ2) is 4.73. The molecular weight excluding hydrogens is 136 g/mol. The van der Waals surface area contributed by atoms with E-state index in [0.29, 0.717) is 0 Å². The molecule has 0 atom stereocenters. The van der Waals surface area contributed by atoms with Crippen molar-refractivity contribution in [3.63, 3.8) is 0 Å². The Kier molecular flexibility index (Phi) is 4.69. The minimum Gasteiger partial charge on any atom is -0.326 e. The first-order chi connectivity index (χ1) is 4.95. The summed E-state index contributed by atoms with van der Waals surface area (Å²) in [6, 6.07) is 0. The Balaban J connectivity index is 3.28. The number of nitrogens with zero attached hydrogens (tertiary/aromatic N) is 1. The van der Waals surface area contributed by atoms with E-state index < -0.39 is 0 Å². The van der Waals surface area contributed by atoms with Gasteiger partial charge >= 0.3 is 0 Å². The predicted molar refractivity (Wildman–Crippen MR) is 50.7 cm³/mol. The SMILES string of the molecule is CCN(C)CCCC(C)(C)N. The van der Waals surface area contributed by atoms with Crippen molar-refractivity contribution in [2.24, 2.45) is 5.73 Å². The Bertz CT molecular complexity index is 94.2. The molecule has 0 rings (SSSR count). The van der Waals surface area contributed by atoms with E-state index in [1.165, 1.54) is 6.42 Å². The van der Waals surface area contributed by atoms with Crippen molar-refractivity contribution in [2.45, 2.75) is 39.2 Å². The highest BCUT2D eigenvalue weighted by Gasteiger charge is 2.09. The van der Waals surface area contributed by atoms with Crippen LogP contribution in [0.15, 0.2) is 0 Å². The van der Waals surface area contributed by atoms with Crippen molar-refractivity contribution in [2.75, 3.05) is 20.1 Å². The molecule has 0 aromatic heterocycles. The first kappa shape index (κ1) is 10.9. The van der Waals surface area contributed by atoms with E-state index in [4.69, 9.17) is 5.73 Å². The van der Waals surface area contributed by atoms with Gasteiger partial charge in [0.1, 0.15) is 0 Å². The van der Waals surface area contributed by atoms with Gasteiger partial charge in [-0.25, -0.2) is 0 Å². The van der Waals surface area contributed by atoms with Crippen LogP contribution < -0.4 is 5.73 Å². The molecule has 0 aliphatic rings. The minimum absolute atomic E-state index is 0.00851. The maximum atomic E-state index is 5.84. The summed E-state index contributed by atoms with van der Waals surface area (Å²) in [5.74, 6) is 0. The quantitative estimate of drug-likeness (QED) is 0.656. The third-order valence-electron chi connectivity index (χ3n) is 1.90. The van der Waals surface area contributed by atoms with E-state index >= 15 is 0 Å². The molecule has 0 saturated carbocycles. The Labute approximate surface area is 70.8 Å². The molecule has 0 aliphatic heterocycles. The number of rotatable bonds is 5. The molecule has 0 heterocycles. The monoisotopic (exact) mass is 158 g/mol. The zero-order valence-corrected chi connectivity index (χ0v) is 8.35. The van der Waals surface area contributed by atoms with Crippen LogP contribution in [0.3, 0.4) is 0 Å². The second-order valence-corrected chi connectivity index (χ2v) is 3.99. The van der Waals surface area contributed by atoms with Crippen LogP contribution >= 0.6 is 0 Å². The normalized spacial score (nSPS) is 12.5. The van der Waals surface area contributed by atoms with Gasteiger partial charge in [-0.15, -0.1) is 0 Å². The van der Waals surface area contributed by atoms with Crippen LogP contribution in [0.1, 0.15) is 33.6 Å². The fourth-order valence-corrected chi connectivity index (χ4v) is 0.963. The first-order valence-electron chi connectivity index (χ1n) is 4.43. The topological polar surface area (TPSA) is 29.3 Å². The molecule has 0 aromatic rings. The van der Waals surface area contributed by atoms with E-state index in [1.54, 1.807) is 0 Å². The van der Waals surface area contributed by atoms with Gasteiger partial charge in [-0.3, -0.25) is 0 Å². The fraction of sp³-hybridized carbons (Fsp3) is 1.00. The molecule has 68 valence electrons. The average molecular weight is 158 g/mol. The summed E-state index contributed by atoms with van der Waals surface area (Å²) in [6.45, 7) is 8.63. The number of hydrogen-bond donors (Lipinski definition) is 1.